The molecular formula is C20H23F2N7. The fourth-order valence-corrected chi connectivity index (χ4v) is 3.27. The molecule has 0 radical (unpaired) electrons. The SMILES string of the molecule is CN/C=C(\C=N)c1ccc(N)c(C(=N)c2cc(N3CCCC(F)(F)C3)ncn2)c1. The van der Waals surface area contributed by atoms with Gasteiger partial charge in [0.15, 0.2) is 0 Å². The number of aromatic nitrogens is 2. The molecule has 0 amide bonds. The van der Waals surface area contributed by atoms with Crippen molar-refractivity contribution in [2.24, 2.45) is 0 Å². The highest BCUT2D eigenvalue weighted by atomic mass is 19.3. The first-order chi connectivity index (χ1) is 13.8. The molecule has 0 unspecified atom stereocenters. The summed E-state index contributed by atoms with van der Waals surface area (Å²) in [6.45, 7) is 0.0838. The molecule has 7 nitrogen and oxygen atoms in total. The first-order valence-corrected chi connectivity index (χ1v) is 9.16. The molecule has 1 aromatic carbocycles. The lowest BCUT2D eigenvalue weighted by Gasteiger charge is -2.33. The van der Waals surface area contributed by atoms with Crippen molar-refractivity contribution >= 4 is 29.0 Å². The summed E-state index contributed by atoms with van der Waals surface area (Å²) < 4.78 is 27.5. The Hall–Kier alpha value is -3.36. The number of hydrogen-bond acceptors (Lipinski definition) is 7. The van der Waals surface area contributed by atoms with Gasteiger partial charge < -0.3 is 21.4 Å². The molecule has 1 saturated heterocycles. The van der Waals surface area contributed by atoms with Crippen molar-refractivity contribution in [3.63, 3.8) is 0 Å². The van der Waals surface area contributed by atoms with Crippen molar-refractivity contribution in [2.75, 3.05) is 30.8 Å². The van der Waals surface area contributed by atoms with Crippen LogP contribution in [0.3, 0.4) is 0 Å². The number of hydrogen-bond donors (Lipinski definition) is 4. The average Bonchev–Trinajstić information content (AvgIpc) is 2.71. The Balaban J connectivity index is 1.93. The van der Waals surface area contributed by atoms with Gasteiger partial charge in [-0.05, 0) is 24.1 Å². The van der Waals surface area contributed by atoms with Crippen molar-refractivity contribution in [2.45, 2.75) is 18.8 Å². The molecule has 2 heterocycles. The predicted octanol–water partition coefficient (Wildman–Crippen LogP) is 2.92. The third-order valence-electron chi connectivity index (χ3n) is 4.74. The molecule has 1 aliphatic heterocycles. The van der Waals surface area contributed by atoms with E-state index in [1.807, 2.05) is 0 Å². The van der Waals surface area contributed by atoms with Gasteiger partial charge >= 0.3 is 0 Å². The molecule has 9 heteroatoms. The summed E-state index contributed by atoms with van der Waals surface area (Å²) in [5.74, 6) is -2.39. The average molecular weight is 399 g/mol. The van der Waals surface area contributed by atoms with E-state index in [1.54, 1.807) is 31.4 Å². The van der Waals surface area contributed by atoms with Gasteiger partial charge in [0.2, 0.25) is 0 Å². The van der Waals surface area contributed by atoms with Crippen LogP contribution in [0.4, 0.5) is 20.3 Å². The first-order valence-electron chi connectivity index (χ1n) is 9.16. The zero-order chi connectivity index (χ0) is 21.0. The first kappa shape index (κ1) is 20.4. The number of nitrogens with two attached hydrogens (primary N) is 1. The Labute approximate surface area is 167 Å². The van der Waals surface area contributed by atoms with Crippen LogP contribution in [0.5, 0.6) is 0 Å². The van der Waals surface area contributed by atoms with Crippen molar-refractivity contribution in [3.8, 4) is 0 Å². The van der Waals surface area contributed by atoms with Crippen LogP contribution in [0.2, 0.25) is 0 Å². The quantitative estimate of drug-likeness (QED) is 0.440. The molecular weight excluding hydrogens is 376 g/mol. The van der Waals surface area contributed by atoms with Crippen LogP contribution in [0.15, 0.2) is 36.8 Å². The number of rotatable bonds is 6. The van der Waals surface area contributed by atoms with Crippen molar-refractivity contribution in [3.05, 3.63) is 53.6 Å². The molecule has 1 fully saturated rings. The van der Waals surface area contributed by atoms with Crippen LogP contribution in [-0.2, 0) is 0 Å². The van der Waals surface area contributed by atoms with E-state index in [0.29, 0.717) is 46.9 Å². The molecule has 5 N–H and O–H groups in total. The zero-order valence-corrected chi connectivity index (χ0v) is 16.0. The lowest BCUT2D eigenvalue weighted by Crippen LogP contribution is -2.43. The van der Waals surface area contributed by atoms with Crippen molar-refractivity contribution in [1.82, 2.24) is 15.3 Å². The van der Waals surface area contributed by atoms with Gasteiger partial charge in [-0.15, -0.1) is 0 Å². The van der Waals surface area contributed by atoms with Gasteiger partial charge in [-0.1, -0.05) is 6.07 Å². The fraction of sp³-hybridized carbons (Fsp3) is 0.300. The smallest absolute Gasteiger partial charge is 0.265 e. The Morgan fingerprint density at radius 2 is 2.10 bits per heavy atom. The zero-order valence-electron chi connectivity index (χ0n) is 16.0. The van der Waals surface area contributed by atoms with Crippen molar-refractivity contribution < 1.29 is 8.78 Å². The number of benzene rings is 1. The molecule has 3 rings (SSSR count). The summed E-state index contributed by atoms with van der Waals surface area (Å²) in [5.41, 5.74) is 8.60. The van der Waals surface area contributed by atoms with Gasteiger partial charge in [0, 0.05) is 55.3 Å². The predicted molar refractivity (Wildman–Crippen MR) is 111 cm³/mol. The maximum atomic E-state index is 13.8. The van der Waals surface area contributed by atoms with E-state index in [9.17, 15) is 8.78 Å². The highest BCUT2D eigenvalue weighted by molar-refractivity contribution is 6.15. The molecule has 0 bridgehead atoms. The number of anilines is 2. The lowest BCUT2D eigenvalue weighted by molar-refractivity contribution is -0.0118. The summed E-state index contributed by atoms with van der Waals surface area (Å²) in [7, 11) is 1.73. The number of nitrogen functional groups attached to an aromatic ring is 1. The van der Waals surface area contributed by atoms with E-state index in [1.165, 1.54) is 23.5 Å². The van der Waals surface area contributed by atoms with Crippen LogP contribution in [-0.4, -0.2) is 48.0 Å². The van der Waals surface area contributed by atoms with E-state index in [-0.39, 0.29) is 12.1 Å². The molecule has 1 aliphatic rings. The van der Waals surface area contributed by atoms with Crippen LogP contribution in [0, 0.1) is 10.8 Å². The van der Waals surface area contributed by atoms with Gasteiger partial charge in [-0.25, -0.2) is 18.7 Å². The monoisotopic (exact) mass is 399 g/mol. The fourth-order valence-electron chi connectivity index (χ4n) is 3.27. The second kappa shape index (κ2) is 8.34. The summed E-state index contributed by atoms with van der Waals surface area (Å²) in [6, 6.07) is 6.68. The maximum Gasteiger partial charge on any atom is 0.265 e. The summed E-state index contributed by atoms with van der Waals surface area (Å²) in [5, 5.41) is 19.0. The second-order valence-electron chi connectivity index (χ2n) is 6.85. The minimum atomic E-state index is -2.75. The summed E-state index contributed by atoms with van der Waals surface area (Å²) >= 11 is 0. The van der Waals surface area contributed by atoms with Crippen LogP contribution >= 0.6 is 0 Å². The normalized spacial score (nSPS) is 16.4. The topological polar surface area (TPSA) is 115 Å². The van der Waals surface area contributed by atoms with Gasteiger partial charge in [-0.2, -0.15) is 0 Å². The standard InChI is InChI=1S/C20H23F2N7/c1-26-10-14(9-23)13-3-4-16(24)15(7-13)19(25)17-8-18(28-12-27-17)29-6-2-5-20(21,22)11-29/h3-4,7-10,12,23,25-26H,2,5-6,11,24H2,1H3/b14-10+,23-9?,25-19?. The van der Waals surface area contributed by atoms with Gasteiger partial charge in [0.05, 0.1) is 18.0 Å². The minimum absolute atomic E-state index is 0.0607. The van der Waals surface area contributed by atoms with Gasteiger partial charge in [0.1, 0.15) is 12.1 Å². The van der Waals surface area contributed by atoms with E-state index < -0.39 is 12.5 Å². The lowest BCUT2D eigenvalue weighted by atomic mass is 9.98. The number of allylic oxidation sites excluding steroid dienone is 1. The van der Waals surface area contributed by atoms with E-state index in [0.717, 1.165) is 0 Å². The summed E-state index contributed by atoms with van der Waals surface area (Å²) in [4.78, 5) is 9.78. The Morgan fingerprint density at radius 3 is 2.79 bits per heavy atom. The number of alkyl halides is 2. The third-order valence-corrected chi connectivity index (χ3v) is 4.74. The number of piperidine rings is 1. The van der Waals surface area contributed by atoms with Crippen molar-refractivity contribution in [1.29, 1.82) is 10.8 Å². The van der Waals surface area contributed by atoms with E-state index >= 15 is 0 Å². The molecule has 0 saturated carbocycles. The molecule has 29 heavy (non-hydrogen) atoms. The van der Waals surface area contributed by atoms with E-state index in [4.69, 9.17) is 16.6 Å². The number of nitrogens with zero attached hydrogens (tertiary/aromatic N) is 3. The number of nitrogens with one attached hydrogen (secondary N) is 3. The van der Waals surface area contributed by atoms with E-state index in [2.05, 4.69) is 15.3 Å². The number of halogens is 2. The van der Waals surface area contributed by atoms with Crippen LogP contribution < -0.4 is 16.0 Å². The van der Waals surface area contributed by atoms with Gasteiger partial charge in [-0.3, -0.25) is 5.41 Å². The molecule has 0 atom stereocenters. The maximum absolute atomic E-state index is 13.8. The Morgan fingerprint density at radius 1 is 1.31 bits per heavy atom. The Kier molecular flexibility index (Phi) is 5.86. The highest BCUT2D eigenvalue weighted by Crippen LogP contribution is 2.29. The highest BCUT2D eigenvalue weighted by Gasteiger charge is 2.35. The summed E-state index contributed by atoms with van der Waals surface area (Å²) in [6.07, 6.45) is 4.40. The molecule has 152 valence electrons. The largest absolute Gasteiger partial charge is 0.398 e. The molecule has 1 aromatic heterocycles. The van der Waals surface area contributed by atoms with Crippen LogP contribution in [0.1, 0.15) is 29.7 Å². The molecule has 0 aliphatic carbocycles. The molecule has 0 spiro atoms. The second-order valence-corrected chi connectivity index (χ2v) is 6.85. The minimum Gasteiger partial charge on any atom is -0.398 e. The van der Waals surface area contributed by atoms with Crippen LogP contribution in [0.25, 0.3) is 5.57 Å². The van der Waals surface area contributed by atoms with Gasteiger partial charge in [0.25, 0.3) is 5.92 Å². The molecule has 2 aromatic rings. The Bertz CT molecular complexity index is 956. The third kappa shape index (κ3) is 4.56.